The number of benzene rings is 2. The molecule has 3 unspecified atom stereocenters. The first-order valence-electron chi connectivity index (χ1n) is 12.1. The fourth-order valence-corrected chi connectivity index (χ4v) is 5.21. The Balaban J connectivity index is 1.28. The molecular formula is C27H32N2O5. The van der Waals surface area contributed by atoms with Crippen molar-refractivity contribution in [3.8, 4) is 11.1 Å². The number of carboxylic acids is 1. The summed E-state index contributed by atoms with van der Waals surface area (Å²) in [4.78, 5) is 36.6. The number of hydrogen-bond donors (Lipinski definition) is 3. The second-order valence-electron chi connectivity index (χ2n) is 9.33. The van der Waals surface area contributed by atoms with E-state index in [4.69, 9.17) is 4.74 Å². The van der Waals surface area contributed by atoms with Gasteiger partial charge in [0.05, 0.1) is 5.92 Å². The van der Waals surface area contributed by atoms with Gasteiger partial charge in [-0.15, -0.1) is 0 Å². The van der Waals surface area contributed by atoms with Crippen LogP contribution in [0.4, 0.5) is 4.79 Å². The van der Waals surface area contributed by atoms with Crippen molar-refractivity contribution in [3.63, 3.8) is 0 Å². The molecule has 0 radical (unpaired) electrons. The second kappa shape index (κ2) is 10.7. The second-order valence-corrected chi connectivity index (χ2v) is 9.33. The van der Waals surface area contributed by atoms with Gasteiger partial charge in [0.15, 0.2) is 0 Å². The van der Waals surface area contributed by atoms with Crippen LogP contribution in [0.5, 0.6) is 0 Å². The summed E-state index contributed by atoms with van der Waals surface area (Å²) in [5, 5.41) is 15.1. The third-order valence-electron chi connectivity index (χ3n) is 6.88. The van der Waals surface area contributed by atoms with E-state index in [1.807, 2.05) is 24.3 Å². The molecule has 2 aliphatic carbocycles. The number of rotatable bonds is 7. The van der Waals surface area contributed by atoms with Crippen LogP contribution in [-0.2, 0) is 14.3 Å². The SMILES string of the molecule is CC(CC(=O)NC1CCCCCC1C(=O)O)NC(=O)OCC1c2ccccc2-c2ccccc21. The molecule has 2 aromatic carbocycles. The molecule has 0 spiro atoms. The fraction of sp³-hybridized carbons (Fsp3) is 0.444. The van der Waals surface area contributed by atoms with E-state index in [0.29, 0.717) is 12.8 Å². The van der Waals surface area contributed by atoms with Gasteiger partial charge in [-0.25, -0.2) is 4.79 Å². The summed E-state index contributed by atoms with van der Waals surface area (Å²) in [6, 6.07) is 15.5. The molecule has 0 aromatic heterocycles. The zero-order valence-corrected chi connectivity index (χ0v) is 19.5. The maximum atomic E-state index is 12.5. The number of aliphatic carboxylic acids is 1. The first-order chi connectivity index (χ1) is 16.4. The summed E-state index contributed by atoms with van der Waals surface area (Å²) in [7, 11) is 0. The van der Waals surface area contributed by atoms with Crippen molar-refractivity contribution in [2.75, 3.05) is 6.61 Å². The summed E-state index contributed by atoms with van der Waals surface area (Å²) in [6.45, 7) is 1.95. The van der Waals surface area contributed by atoms with Crippen molar-refractivity contribution in [2.45, 2.75) is 63.5 Å². The van der Waals surface area contributed by atoms with Gasteiger partial charge in [0, 0.05) is 24.4 Å². The van der Waals surface area contributed by atoms with E-state index < -0.39 is 24.0 Å². The molecule has 4 rings (SSSR count). The molecule has 0 aliphatic heterocycles. The molecule has 180 valence electrons. The van der Waals surface area contributed by atoms with Crippen LogP contribution in [0.25, 0.3) is 11.1 Å². The van der Waals surface area contributed by atoms with Gasteiger partial charge in [-0.3, -0.25) is 9.59 Å². The Labute approximate surface area is 199 Å². The minimum absolute atomic E-state index is 0.0278. The Kier molecular flexibility index (Phi) is 7.50. The third kappa shape index (κ3) is 5.41. The van der Waals surface area contributed by atoms with E-state index in [-0.39, 0.29) is 30.9 Å². The van der Waals surface area contributed by atoms with Crippen LogP contribution < -0.4 is 10.6 Å². The number of hydrogen-bond acceptors (Lipinski definition) is 4. The van der Waals surface area contributed by atoms with Crippen molar-refractivity contribution in [1.29, 1.82) is 0 Å². The highest BCUT2D eigenvalue weighted by Crippen LogP contribution is 2.44. The number of alkyl carbamates (subject to hydrolysis) is 1. The lowest BCUT2D eigenvalue weighted by atomic mass is 9.94. The first-order valence-corrected chi connectivity index (χ1v) is 12.1. The molecule has 7 nitrogen and oxygen atoms in total. The molecule has 2 aliphatic rings. The van der Waals surface area contributed by atoms with Gasteiger partial charge in [0.25, 0.3) is 0 Å². The lowest BCUT2D eigenvalue weighted by molar-refractivity contribution is -0.143. The van der Waals surface area contributed by atoms with Gasteiger partial charge in [0.1, 0.15) is 6.61 Å². The van der Waals surface area contributed by atoms with E-state index in [0.717, 1.165) is 41.5 Å². The molecule has 7 heteroatoms. The summed E-state index contributed by atoms with van der Waals surface area (Å²) in [5.74, 6) is -1.71. The van der Waals surface area contributed by atoms with Crippen LogP contribution in [0, 0.1) is 5.92 Å². The van der Waals surface area contributed by atoms with Crippen LogP contribution in [-0.4, -0.2) is 41.8 Å². The summed E-state index contributed by atoms with van der Waals surface area (Å²) >= 11 is 0. The topological polar surface area (TPSA) is 105 Å². The van der Waals surface area contributed by atoms with Gasteiger partial charge in [-0.1, -0.05) is 67.8 Å². The highest BCUT2D eigenvalue weighted by atomic mass is 16.5. The quantitative estimate of drug-likeness (QED) is 0.525. The van der Waals surface area contributed by atoms with Crippen molar-refractivity contribution in [3.05, 3.63) is 59.7 Å². The monoisotopic (exact) mass is 464 g/mol. The highest BCUT2D eigenvalue weighted by molar-refractivity contribution is 5.80. The van der Waals surface area contributed by atoms with E-state index in [9.17, 15) is 19.5 Å². The summed E-state index contributed by atoms with van der Waals surface area (Å²) in [5.41, 5.74) is 4.60. The van der Waals surface area contributed by atoms with Crippen molar-refractivity contribution >= 4 is 18.0 Å². The summed E-state index contributed by atoms with van der Waals surface area (Å²) < 4.78 is 5.55. The third-order valence-corrected chi connectivity index (χ3v) is 6.88. The number of amides is 2. The Hall–Kier alpha value is -3.35. The number of carbonyl (C=O) groups excluding carboxylic acids is 2. The molecule has 0 saturated heterocycles. The van der Waals surface area contributed by atoms with Gasteiger partial charge < -0.3 is 20.5 Å². The maximum Gasteiger partial charge on any atom is 0.407 e. The fourth-order valence-electron chi connectivity index (χ4n) is 5.21. The highest BCUT2D eigenvalue weighted by Gasteiger charge is 2.31. The van der Waals surface area contributed by atoms with Crippen molar-refractivity contribution < 1.29 is 24.2 Å². The minimum atomic E-state index is -0.864. The molecule has 0 heterocycles. The largest absolute Gasteiger partial charge is 0.481 e. The van der Waals surface area contributed by atoms with E-state index in [1.165, 1.54) is 0 Å². The molecule has 1 saturated carbocycles. The van der Waals surface area contributed by atoms with Gasteiger partial charge >= 0.3 is 12.1 Å². The Morgan fingerprint density at radius 3 is 2.24 bits per heavy atom. The average molecular weight is 465 g/mol. The summed E-state index contributed by atoms with van der Waals surface area (Å²) in [6.07, 6.45) is 3.49. The van der Waals surface area contributed by atoms with Gasteiger partial charge in [-0.05, 0) is 42.0 Å². The maximum absolute atomic E-state index is 12.5. The molecule has 3 atom stereocenters. The Morgan fingerprint density at radius 2 is 1.59 bits per heavy atom. The molecule has 3 N–H and O–H groups in total. The zero-order chi connectivity index (χ0) is 24.1. The molecule has 2 amide bonds. The number of ether oxygens (including phenoxy) is 1. The molecule has 0 bridgehead atoms. The van der Waals surface area contributed by atoms with E-state index >= 15 is 0 Å². The van der Waals surface area contributed by atoms with Gasteiger partial charge in [-0.2, -0.15) is 0 Å². The van der Waals surface area contributed by atoms with Crippen LogP contribution in [0.3, 0.4) is 0 Å². The molecule has 2 aromatic rings. The predicted molar refractivity (Wildman–Crippen MR) is 128 cm³/mol. The minimum Gasteiger partial charge on any atom is -0.481 e. The number of fused-ring (bicyclic) bond motifs is 3. The molecule has 1 fully saturated rings. The molecular weight excluding hydrogens is 432 g/mol. The van der Waals surface area contributed by atoms with E-state index in [1.54, 1.807) is 6.92 Å². The Morgan fingerprint density at radius 1 is 0.971 bits per heavy atom. The number of carbonyl (C=O) groups is 3. The van der Waals surface area contributed by atoms with Crippen LogP contribution in [0.15, 0.2) is 48.5 Å². The van der Waals surface area contributed by atoms with Crippen molar-refractivity contribution in [1.82, 2.24) is 10.6 Å². The number of carboxylic acid groups (broad SMARTS) is 1. The van der Waals surface area contributed by atoms with Crippen LogP contribution in [0.1, 0.15) is 62.5 Å². The Bertz CT molecular complexity index is 1010. The smallest absolute Gasteiger partial charge is 0.407 e. The lowest BCUT2D eigenvalue weighted by Gasteiger charge is -2.24. The first kappa shape index (κ1) is 23.8. The predicted octanol–water partition coefficient (Wildman–Crippen LogP) is 4.45. The average Bonchev–Trinajstić information content (AvgIpc) is 2.94. The normalized spacial score (nSPS) is 20.4. The molecule has 34 heavy (non-hydrogen) atoms. The van der Waals surface area contributed by atoms with E-state index in [2.05, 4.69) is 34.9 Å². The lowest BCUT2D eigenvalue weighted by Crippen LogP contribution is -2.45. The van der Waals surface area contributed by atoms with Crippen LogP contribution in [0.2, 0.25) is 0 Å². The number of nitrogens with one attached hydrogen (secondary N) is 2. The zero-order valence-electron chi connectivity index (χ0n) is 19.5. The van der Waals surface area contributed by atoms with Crippen LogP contribution >= 0.6 is 0 Å². The van der Waals surface area contributed by atoms with Crippen molar-refractivity contribution in [2.24, 2.45) is 5.92 Å². The standard InChI is InChI=1S/C27H32N2O5/c1-17(15-25(30)29-24-14-4-2-3-13-22(24)26(31)32)28-27(33)34-16-23-20-11-7-5-9-18(20)19-10-6-8-12-21(19)23/h5-12,17,22-24H,2-4,13-16H2,1H3,(H,28,33)(H,29,30)(H,31,32). The van der Waals surface area contributed by atoms with Gasteiger partial charge in [0.2, 0.25) is 5.91 Å².